The molecule has 1 N–H and O–H groups in total. The third-order valence-corrected chi connectivity index (χ3v) is 7.15. The number of hydrogen-bond acceptors (Lipinski definition) is 7. The minimum absolute atomic E-state index is 0.139. The molecule has 1 amide bonds. The molecule has 0 aliphatic carbocycles. The molecule has 1 aromatic carbocycles. The summed E-state index contributed by atoms with van der Waals surface area (Å²) in [6.07, 6.45) is -0.139. The van der Waals surface area contributed by atoms with Gasteiger partial charge in [-0.25, -0.2) is 18.4 Å². The minimum Gasteiger partial charge on any atom is -0.302 e. The molecule has 0 spiro atoms. The number of benzene rings is 1. The van der Waals surface area contributed by atoms with Crippen molar-refractivity contribution in [3.8, 4) is 10.6 Å². The molecule has 3 aromatic rings. The first kappa shape index (κ1) is 21.4. The highest BCUT2D eigenvalue weighted by Gasteiger charge is 2.46. The van der Waals surface area contributed by atoms with E-state index in [9.17, 15) is 26.4 Å². The van der Waals surface area contributed by atoms with Crippen LogP contribution >= 0.6 is 22.7 Å². The number of thiazole rings is 2. The van der Waals surface area contributed by atoms with Gasteiger partial charge in [0.1, 0.15) is 0 Å². The van der Waals surface area contributed by atoms with Crippen LogP contribution in [0.3, 0.4) is 0 Å². The highest BCUT2D eigenvalue weighted by atomic mass is 32.2. The van der Waals surface area contributed by atoms with Crippen LogP contribution in [-0.2, 0) is 21.1 Å². The van der Waals surface area contributed by atoms with Crippen molar-refractivity contribution in [2.75, 3.05) is 5.32 Å². The van der Waals surface area contributed by atoms with Gasteiger partial charge in [-0.1, -0.05) is 12.1 Å². The smallest absolute Gasteiger partial charge is 0.302 e. The van der Waals surface area contributed by atoms with E-state index in [1.54, 1.807) is 5.38 Å². The quantitative estimate of drug-likeness (QED) is 0.610. The monoisotopic (exact) mass is 461 g/mol. The first-order valence-corrected chi connectivity index (χ1v) is 11.3. The van der Waals surface area contributed by atoms with E-state index in [1.165, 1.54) is 34.8 Å². The van der Waals surface area contributed by atoms with Gasteiger partial charge in [0.25, 0.3) is 9.84 Å². The van der Waals surface area contributed by atoms with E-state index >= 15 is 0 Å². The molecule has 12 heteroatoms. The van der Waals surface area contributed by atoms with Crippen molar-refractivity contribution >= 4 is 43.5 Å². The first-order valence-electron chi connectivity index (χ1n) is 8.07. The molecule has 0 saturated heterocycles. The Labute approximate surface area is 172 Å². The maximum atomic E-state index is 12.6. The molecule has 154 valence electrons. The van der Waals surface area contributed by atoms with Gasteiger partial charge >= 0.3 is 5.51 Å². The van der Waals surface area contributed by atoms with Crippen LogP contribution in [0.2, 0.25) is 0 Å². The van der Waals surface area contributed by atoms with E-state index in [-0.39, 0.29) is 6.42 Å². The molecular formula is C17H14F3N3O3S3. The zero-order valence-corrected chi connectivity index (χ0v) is 17.5. The number of carbonyl (C=O) groups excluding carboxylic acids is 1. The lowest BCUT2D eigenvalue weighted by Gasteiger charge is -2.08. The summed E-state index contributed by atoms with van der Waals surface area (Å²) in [5, 5.41) is 5.72. The summed E-state index contributed by atoms with van der Waals surface area (Å²) in [5.41, 5.74) is -3.45. The van der Waals surface area contributed by atoms with E-state index in [2.05, 4.69) is 15.3 Å². The average molecular weight is 462 g/mol. The van der Waals surface area contributed by atoms with Crippen LogP contribution in [0.5, 0.6) is 0 Å². The Morgan fingerprint density at radius 3 is 2.34 bits per heavy atom. The van der Waals surface area contributed by atoms with Crippen LogP contribution in [-0.4, -0.2) is 29.8 Å². The lowest BCUT2D eigenvalue weighted by Crippen LogP contribution is -2.23. The number of amides is 1. The molecule has 2 aromatic heterocycles. The number of aromatic nitrogens is 2. The average Bonchev–Trinajstić information content (AvgIpc) is 3.20. The van der Waals surface area contributed by atoms with Gasteiger partial charge in [-0.15, -0.1) is 22.7 Å². The zero-order valence-electron chi connectivity index (χ0n) is 15.1. The second kappa shape index (κ2) is 7.84. The molecular weight excluding hydrogens is 447 g/mol. The van der Waals surface area contributed by atoms with E-state index in [0.717, 1.165) is 27.7 Å². The molecule has 0 fully saturated rings. The van der Waals surface area contributed by atoms with Crippen LogP contribution in [0.1, 0.15) is 16.3 Å². The van der Waals surface area contributed by atoms with Gasteiger partial charge in [-0.05, 0) is 31.5 Å². The van der Waals surface area contributed by atoms with Crippen molar-refractivity contribution in [1.82, 2.24) is 9.97 Å². The van der Waals surface area contributed by atoms with Gasteiger partial charge < -0.3 is 5.32 Å². The molecule has 2 heterocycles. The second-order valence-corrected chi connectivity index (χ2v) is 10.0. The Morgan fingerprint density at radius 2 is 1.79 bits per heavy atom. The van der Waals surface area contributed by atoms with Crippen molar-refractivity contribution < 1.29 is 26.4 Å². The number of anilines is 1. The maximum Gasteiger partial charge on any atom is 0.501 e. The lowest BCUT2D eigenvalue weighted by molar-refractivity contribution is -0.115. The fraction of sp³-hybridized carbons (Fsp3) is 0.235. The van der Waals surface area contributed by atoms with Gasteiger partial charge in [0.2, 0.25) is 5.91 Å². The molecule has 0 radical (unpaired) electrons. The molecule has 29 heavy (non-hydrogen) atoms. The predicted octanol–water partition coefficient (Wildman–Crippen LogP) is 4.36. The van der Waals surface area contributed by atoms with E-state index in [4.69, 9.17) is 0 Å². The van der Waals surface area contributed by atoms with E-state index in [1.807, 2.05) is 13.8 Å². The van der Waals surface area contributed by atoms with Crippen molar-refractivity contribution in [3.05, 3.63) is 45.9 Å². The zero-order chi connectivity index (χ0) is 21.4. The maximum absolute atomic E-state index is 12.6. The Balaban J connectivity index is 1.67. The third kappa shape index (κ3) is 4.65. The number of aryl methyl sites for hydroxylation is 2. The summed E-state index contributed by atoms with van der Waals surface area (Å²) in [6.45, 7) is 3.76. The van der Waals surface area contributed by atoms with Gasteiger partial charge in [0.15, 0.2) is 5.13 Å². The standard InChI is InChI=1S/C17H14F3N3O3S3/c1-9-15(28-10(2)21-9)13-8-27-16(22-13)23-14(24)7-11-3-5-12(6-4-11)29(25,26)17(18,19)20/h3-6,8H,7H2,1-2H3,(H,22,23,24). The SMILES string of the molecule is Cc1nc(C)c(-c2csc(NC(=O)Cc3ccc(S(=O)(=O)C(F)(F)F)cc3)n2)s1. The summed E-state index contributed by atoms with van der Waals surface area (Å²) in [6, 6.07) is 4.02. The van der Waals surface area contributed by atoms with Crippen molar-refractivity contribution in [2.45, 2.75) is 30.7 Å². The molecule has 6 nitrogen and oxygen atoms in total. The number of sulfone groups is 1. The summed E-state index contributed by atoms with van der Waals surface area (Å²) in [4.78, 5) is 20.9. The molecule has 0 aliphatic heterocycles. The van der Waals surface area contributed by atoms with Gasteiger partial charge in [-0.3, -0.25) is 4.79 Å². The minimum atomic E-state index is -5.41. The Morgan fingerprint density at radius 1 is 1.14 bits per heavy atom. The topological polar surface area (TPSA) is 89.0 Å². The van der Waals surface area contributed by atoms with E-state index in [0.29, 0.717) is 16.4 Å². The summed E-state index contributed by atoms with van der Waals surface area (Å²) in [5.74, 6) is -0.422. The third-order valence-electron chi connectivity index (χ3n) is 3.79. The number of halogens is 3. The van der Waals surface area contributed by atoms with Crippen LogP contribution in [0.25, 0.3) is 10.6 Å². The molecule has 3 rings (SSSR count). The van der Waals surface area contributed by atoms with Crippen LogP contribution < -0.4 is 5.32 Å². The van der Waals surface area contributed by atoms with Crippen LogP contribution in [0.4, 0.5) is 18.3 Å². The lowest BCUT2D eigenvalue weighted by atomic mass is 10.1. The van der Waals surface area contributed by atoms with Crippen LogP contribution in [0, 0.1) is 13.8 Å². The van der Waals surface area contributed by atoms with Crippen LogP contribution in [0.15, 0.2) is 34.5 Å². The number of hydrogen-bond donors (Lipinski definition) is 1. The summed E-state index contributed by atoms with van der Waals surface area (Å²) in [7, 11) is -5.41. The molecule has 0 saturated carbocycles. The summed E-state index contributed by atoms with van der Waals surface area (Å²) < 4.78 is 60.4. The number of alkyl halides is 3. The Hall–Kier alpha value is -2.31. The number of nitrogens with one attached hydrogen (secondary N) is 1. The highest BCUT2D eigenvalue weighted by molar-refractivity contribution is 7.92. The predicted molar refractivity (Wildman–Crippen MR) is 105 cm³/mol. The normalized spacial score (nSPS) is 12.2. The molecule has 0 unspecified atom stereocenters. The fourth-order valence-electron chi connectivity index (χ4n) is 2.47. The van der Waals surface area contributed by atoms with Gasteiger partial charge in [0.05, 0.1) is 32.6 Å². The summed E-state index contributed by atoms with van der Waals surface area (Å²) >= 11 is 2.74. The molecule has 0 bridgehead atoms. The fourth-order valence-corrected chi connectivity index (χ4v) is 4.91. The first-order chi connectivity index (χ1) is 13.5. The number of nitrogens with zero attached hydrogens (tertiary/aromatic N) is 2. The van der Waals surface area contributed by atoms with Gasteiger partial charge in [-0.2, -0.15) is 13.2 Å². The Kier molecular flexibility index (Phi) is 5.79. The number of carbonyl (C=O) groups is 1. The van der Waals surface area contributed by atoms with Gasteiger partial charge in [0, 0.05) is 5.38 Å². The number of rotatable bonds is 5. The largest absolute Gasteiger partial charge is 0.501 e. The highest BCUT2D eigenvalue weighted by Crippen LogP contribution is 2.32. The molecule has 0 atom stereocenters. The van der Waals surface area contributed by atoms with Crippen molar-refractivity contribution in [2.24, 2.45) is 0 Å². The van der Waals surface area contributed by atoms with Crippen molar-refractivity contribution in [1.29, 1.82) is 0 Å². The van der Waals surface area contributed by atoms with Crippen molar-refractivity contribution in [3.63, 3.8) is 0 Å². The van der Waals surface area contributed by atoms with E-state index < -0.39 is 26.1 Å². The Bertz CT molecular complexity index is 1150. The molecule has 0 aliphatic rings. The second-order valence-electron chi connectivity index (χ2n) is 6.00.